The largest absolute Gasteiger partial charge is 0.380 e. The topological polar surface area (TPSA) is 46.8 Å². The average molecular weight is 404 g/mol. The first-order valence-corrected chi connectivity index (χ1v) is 9.92. The molecule has 142 valence electrons. The SMILES string of the molecule is CCOCCn1c(=NC(=O)c2ccc(N(C)C)cc2)sc2cccc(Cl)c21. The van der Waals surface area contributed by atoms with E-state index >= 15 is 0 Å². The Kier molecular flexibility index (Phi) is 6.31. The Labute approximate surface area is 167 Å². The zero-order chi connectivity index (χ0) is 19.4. The number of fused-ring (bicyclic) bond motifs is 1. The van der Waals surface area contributed by atoms with Crippen LogP contribution in [0.1, 0.15) is 17.3 Å². The minimum Gasteiger partial charge on any atom is -0.380 e. The first-order valence-electron chi connectivity index (χ1n) is 8.73. The molecule has 0 atom stereocenters. The van der Waals surface area contributed by atoms with Gasteiger partial charge in [0.05, 0.1) is 21.8 Å². The molecule has 0 bridgehead atoms. The minimum atomic E-state index is -0.270. The lowest BCUT2D eigenvalue weighted by molar-refractivity contribution is 0.0996. The van der Waals surface area contributed by atoms with E-state index < -0.39 is 0 Å². The van der Waals surface area contributed by atoms with Crippen LogP contribution in [0.4, 0.5) is 5.69 Å². The first kappa shape index (κ1) is 19.6. The Morgan fingerprint density at radius 2 is 1.96 bits per heavy atom. The van der Waals surface area contributed by atoms with Crippen molar-refractivity contribution in [1.29, 1.82) is 0 Å². The molecular weight excluding hydrogens is 382 g/mol. The highest BCUT2D eigenvalue weighted by Crippen LogP contribution is 2.25. The molecule has 0 aliphatic heterocycles. The molecule has 0 saturated carbocycles. The molecule has 0 aliphatic carbocycles. The van der Waals surface area contributed by atoms with Gasteiger partial charge in [-0.1, -0.05) is 29.0 Å². The number of amides is 1. The Hall–Kier alpha value is -2.15. The predicted molar refractivity (Wildman–Crippen MR) is 112 cm³/mol. The number of anilines is 1. The maximum absolute atomic E-state index is 12.7. The van der Waals surface area contributed by atoms with Gasteiger partial charge in [-0.05, 0) is 43.3 Å². The lowest BCUT2D eigenvalue weighted by Crippen LogP contribution is -2.20. The standard InChI is InChI=1S/C20H22ClN3O2S/c1-4-26-13-12-24-18-16(21)6-5-7-17(18)27-20(24)22-19(25)14-8-10-15(11-9-14)23(2)3/h5-11H,4,12-13H2,1-3H3. The van der Waals surface area contributed by atoms with Crippen LogP contribution in [0.25, 0.3) is 10.2 Å². The molecule has 27 heavy (non-hydrogen) atoms. The minimum absolute atomic E-state index is 0.270. The van der Waals surface area contributed by atoms with Crippen molar-refractivity contribution in [3.63, 3.8) is 0 Å². The Morgan fingerprint density at radius 1 is 1.22 bits per heavy atom. The van der Waals surface area contributed by atoms with E-state index in [1.807, 2.05) is 60.8 Å². The normalized spacial score (nSPS) is 11.9. The van der Waals surface area contributed by atoms with Crippen LogP contribution in [0.2, 0.25) is 5.02 Å². The maximum Gasteiger partial charge on any atom is 0.279 e. The number of aromatic nitrogens is 1. The summed E-state index contributed by atoms with van der Waals surface area (Å²) < 4.78 is 8.44. The molecule has 1 heterocycles. The monoisotopic (exact) mass is 403 g/mol. The van der Waals surface area contributed by atoms with Gasteiger partial charge in [0.2, 0.25) is 0 Å². The first-order chi connectivity index (χ1) is 13.0. The van der Waals surface area contributed by atoms with Crippen LogP contribution in [0.15, 0.2) is 47.5 Å². The highest BCUT2D eigenvalue weighted by Gasteiger charge is 2.12. The lowest BCUT2D eigenvalue weighted by Gasteiger charge is -2.11. The summed E-state index contributed by atoms with van der Waals surface area (Å²) in [6, 6.07) is 13.1. The number of thiazole rings is 1. The summed E-state index contributed by atoms with van der Waals surface area (Å²) in [7, 11) is 3.92. The van der Waals surface area contributed by atoms with Crippen molar-refractivity contribution in [2.45, 2.75) is 13.5 Å². The summed E-state index contributed by atoms with van der Waals surface area (Å²) in [5.74, 6) is -0.270. The van der Waals surface area contributed by atoms with Gasteiger partial charge in [0.1, 0.15) is 0 Å². The number of hydrogen-bond acceptors (Lipinski definition) is 4. The molecule has 1 aromatic heterocycles. The van der Waals surface area contributed by atoms with E-state index in [1.54, 1.807) is 12.1 Å². The predicted octanol–water partition coefficient (Wildman–Crippen LogP) is 4.20. The van der Waals surface area contributed by atoms with Gasteiger partial charge in [0.15, 0.2) is 4.80 Å². The molecule has 0 unspecified atom stereocenters. The van der Waals surface area contributed by atoms with Gasteiger partial charge in [-0.3, -0.25) is 4.79 Å². The number of hydrogen-bond donors (Lipinski definition) is 0. The van der Waals surface area contributed by atoms with E-state index in [4.69, 9.17) is 16.3 Å². The van der Waals surface area contributed by atoms with E-state index in [9.17, 15) is 4.79 Å². The molecule has 0 radical (unpaired) electrons. The van der Waals surface area contributed by atoms with Gasteiger partial charge in [0.25, 0.3) is 5.91 Å². The fraction of sp³-hybridized carbons (Fsp3) is 0.300. The van der Waals surface area contributed by atoms with Crippen LogP contribution in [-0.2, 0) is 11.3 Å². The quantitative estimate of drug-likeness (QED) is 0.579. The van der Waals surface area contributed by atoms with Gasteiger partial charge in [-0.25, -0.2) is 0 Å². The summed E-state index contributed by atoms with van der Waals surface area (Å²) in [5.41, 5.74) is 2.48. The fourth-order valence-corrected chi connectivity index (χ4v) is 4.15. The zero-order valence-corrected chi connectivity index (χ0v) is 17.2. The number of halogens is 1. The molecule has 1 amide bonds. The average Bonchev–Trinajstić information content (AvgIpc) is 3.00. The van der Waals surface area contributed by atoms with E-state index in [1.165, 1.54) is 11.3 Å². The van der Waals surface area contributed by atoms with Gasteiger partial charge >= 0.3 is 0 Å². The van der Waals surface area contributed by atoms with Gasteiger partial charge in [-0.2, -0.15) is 4.99 Å². The van der Waals surface area contributed by atoms with Crippen molar-refractivity contribution < 1.29 is 9.53 Å². The van der Waals surface area contributed by atoms with Crippen LogP contribution in [0.3, 0.4) is 0 Å². The third kappa shape index (κ3) is 4.40. The molecule has 0 fully saturated rings. The van der Waals surface area contributed by atoms with Gasteiger partial charge < -0.3 is 14.2 Å². The molecule has 0 saturated heterocycles. The Morgan fingerprint density at radius 3 is 2.63 bits per heavy atom. The molecular formula is C20H22ClN3O2S. The van der Waals surface area contributed by atoms with Crippen LogP contribution >= 0.6 is 22.9 Å². The van der Waals surface area contributed by atoms with Crippen LogP contribution in [-0.4, -0.2) is 37.8 Å². The Bertz CT molecular complexity index is 1010. The Balaban J connectivity index is 2.02. The van der Waals surface area contributed by atoms with Crippen molar-refractivity contribution in [2.75, 3.05) is 32.2 Å². The highest BCUT2D eigenvalue weighted by atomic mass is 35.5. The third-order valence-electron chi connectivity index (χ3n) is 4.14. The summed E-state index contributed by atoms with van der Waals surface area (Å²) in [6.07, 6.45) is 0. The van der Waals surface area contributed by atoms with Crippen molar-refractivity contribution in [1.82, 2.24) is 4.57 Å². The number of carbonyl (C=O) groups is 1. The molecule has 0 spiro atoms. The molecule has 3 aromatic rings. The van der Waals surface area contributed by atoms with E-state index in [0.29, 0.717) is 35.1 Å². The second-order valence-corrected chi connectivity index (χ2v) is 7.59. The number of rotatable bonds is 6. The summed E-state index contributed by atoms with van der Waals surface area (Å²) >= 11 is 7.86. The summed E-state index contributed by atoms with van der Waals surface area (Å²) in [5, 5.41) is 0.643. The highest BCUT2D eigenvalue weighted by molar-refractivity contribution is 7.16. The molecule has 0 N–H and O–H groups in total. The number of benzene rings is 2. The van der Waals surface area contributed by atoms with E-state index in [-0.39, 0.29) is 5.91 Å². The number of ether oxygens (including phenoxy) is 1. The van der Waals surface area contributed by atoms with Crippen molar-refractivity contribution in [2.24, 2.45) is 4.99 Å². The van der Waals surface area contributed by atoms with Crippen molar-refractivity contribution in [3.05, 3.63) is 57.9 Å². The van der Waals surface area contributed by atoms with Crippen LogP contribution < -0.4 is 9.70 Å². The second kappa shape index (κ2) is 8.69. The summed E-state index contributed by atoms with van der Waals surface area (Å²) in [6.45, 7) is 3.71. The fourth-order valence-electron chi connectivity index (χ4n) is 2.73. The molecule has 5 nitrogen and oxygen atoms in total. The van der Waals surface area contributed by atoms with Crippen molar-refractivity contribution >= 4 is 44.7 Å². The van der Waals surface area contributed by atoms with Crippen LogP contribution in [0, 0.1) is 0 Å². The third-order valence-corrected chi connectivity index (χ3v) is 5.49. The number of para-hydroxylation sites is 1. The van der Waals surface area contributed by atoms with Crippen molar-refractivity contribution in [3.8, 4) is 0 Å². The van der Waals surface area contributed by atoms with E-state index in [0.717, 1.165) is 15.9 Å². The maximum atomic E-state index is 12.7. The number of nitrogens with zero attached hydrogens (tertiary/aromatic N) is 3. The molecule has 2 aromatic carbocycles. The second-order valence-electron chi connectivity index (χ2n) is 6.18. The smallest absolute Gasteiger partial charge is 0.279 e. The van der Waals surface area contributed by atoms with Crippen LogP contribution in [0.5, 0.6) is 0 Å². The molecule has 0 aliphatic rings. The lowest BCUT2D eigenvalue weighted by atomic mass is 10.2. The molecule has 7 heteroatoms. The van der Waals surface area contributed by atoms with Gasteiger partial charge in [-0.15, -0.1) is 0 Å². The number of carbonyl (C=O) groups excluding carboxylic acids is 1. The zero-order valence-electron chi connectivity index (χ0n) is 15.6. The van der Waals surface area contributed by atoms with E-state index in [2.05, 4.69) is 4.99 Å². The van der Waals surface area contributed by atoms with Gasteiger partial charge in [0, 0.05) is 38.5 Å². The molecule has 3 rings (SSSR count). The summed E-state index contributed by atoms with van der Waals surface area (Å²) in [4.78, 5) is 19.7.